The summed E-state index contributed by atoms with van der Waals surface area (Å²) < 4.78 is 5.20. The summed E-state index contributed by atoms with van der Waals surface area (Å²) in [4.78, 5) is 16.3. The van der Waals surface area contributed by atoms with Crippen molar-refractivity contribution in [1.82, 2.24) is 15.1 Å². The fraction of sp³-hybridized carbons (Fsp3) is 0.929. The van der Waals surface area contributed by atoms with Gasteiger partial charge in [0.05, 0.1) is 0 Å². The molecule has 0 spiro atoms. The third-order valence-corrected chi connectivity index (χ3v) is 3.24. The zero-order valence-electron chi connectivity index (χ0n) is 13.2. The van der Waals surface area contributed by atoms with Crippen LogP contribution in [0.4, 0.5) is 4.79 Å². The smallest absolute Gasteiger partial charge is 0.407 e. The molecule has 1 rings (SSSR count). The van der Waals surface area contributed by atoms with Crippen LogP contribution in [0.1, 0.15) is 27.2 Å². The van der Waals surface area contributed by atoms with E-state index in [4.69, 9.17) is 10.5 Å². The van der Waals surface area contributed by atoms with E-state index >= 15 is 0 Å². The minimum absolute atomic E-state index is 0.334. The summed E-state index contributed by atoms with van der Waals surface area (Å²) >= 11 is 0. The Bertz CT molecular complexity index is 283. The standard InChI is InChI=1S/C14H30N4O2/c1-14(2,3)20-13(19)16-6-8-18-11-9-17(10-12-18)7-4-5-15/h4-12,15H2,1-3H3,(H,16,19). The Morgan fingerprint density at radius 1 is 1.15 bits per heavy atom. The zero-order chi connectivity index (χ0) is 15.0. The number of hydrogen-bond acceptors (Lipinski definition) is 5. The van der Waals surface area contributed by atoms with Gasteiger partial charge in [-0.3, -0.25) is 4.90 Å². The van der Waals surface area contributed by atoms with Gasteiger partial charge < -0.3 is 20.7 Å². The maximum Gasteiger partial charge on any atom is 0.407 e. The van der Waals surface area contributed by atoms with Gasteiger partial charge in [0.1, 0.15) is 5.60 Å². The summed E-state index contributed by atoms with van der Waals surface area (Å²) in [5.41, 5.74) is 5.09. The van der Waals surface area contributed by atoms with Crippen LogP contribution >= 0.6 is 0 Å². The SMILES string of the molecule is CC(C)(C)OC(=O)NCCN1CCN(CCCN)CC1. The van der Waals surface area contributed by atoms with Gasteiger partial charge in [-0.15, -0.1) is 0 Å². The monoisotopic (exact) mass is 286 g/mol. The molecule has 20 heavy (non-hydrogen) atoms. The number of carbonyl (C=O) groups is 1. The number of hydrogen-bond donors (Lipinski definition) is 2. The Morgan fingerprint density at radius 2 is 1.70 bits per heavy atom. The number of rotatable bonds is 6. The van der Waals surface area contributed by atoms with Crippen LogP contribution in [-0.2, 0) is 4.74 Å². The average molecular weight is 286 g/mol. The van der Waals surface area contributed by atoms with Crippen LogP contribution in [0.15, 0.2) is 0 Å². The van der Waals surface area contributed by atoms with Crippen LogP contribution in [0.5, 0.6) is 0 Å². The Balaban J connectivity index is 2.08. The minimum atomic E-state index is -0.432. The predicted molar refractivity (Wildman–Crippen MR) is 80.8 cm³/mol. The third-order valence-electron chi connectivity index (χ3n) is 3.24. The van der Waals surface area contributed by atoms with Gasteiger partial charge in [0.25, 0.3) is 0 Å². The van der Waals surface area contributed by atoms with E-state index in [0.717, 1.165) is 52.2 Å². The van der Waals surface area contributed by atoms with Gasteiger partial charge in [-0.1, -0.05) is 0 Å². The summed E-state index contributed by atoms with van der Waals surface area (Å²) in [5, 5.41) is 2.80. The zero-order valence-corrected chi connectivity index (χ0v) is 13.2. The lowest BCUT2D eigenvalue weighted by Crippen LogP contribution is -2.48. The van der Waals surface area contributed by atoms with E-state index in [1.165, 1.54) is 0 Å². The molecule has 0 aliphatic carbocycles. The van der Waals surface area contributed by atoms with Crippen molar-refractivity contribution in [2.24, 2.45) is 5.73 Å². The summed E-state index contributed by atoms with van der Waals surface area (Å²) in [6.45, 7) is 13.3. The van der Waals surface area contributed by atoms with Crippen molar-refractivity contribution in [2.75, 3.05) is 52.4 Å². The molecule has 0 aromatic heterocycles. The number of alkyl carbamates (subject to hydrolysis) is 1. The first-order chi connectivity index (χ1) is 9.40. The van der Waals surface area contributed by atoms with Crippen LogP contribution in [0.2, 0.25) is 0 Å². The maximum absolute atomic E-state index is 11.5. The molecule has 0 saturated carbocycles. The topological polar surface area (TPSA) is 70.8 Å². The van der Waals surface area contributed by atoms with Crippen molar-refractivity contribution in [1.29, 1.82) is 0 Å². The molecule has 0 aromatic rings. The molecule has 3 N–H and O–H groups in total. The van der Waals surface area contributed by atoms with E-state index in [1.54, 1.807) is 0 Å². The van der Waals surface area contributed by atoms with Gasteiger partial charge in [0.15, 0.2) is 0 Å². The van der Waals surface area contributed by atoms with Gasteiger partial charge in [0, 0.05) is 39.3 Å². The maximum atomic E-state index is 11.5. The first-order valence-electron chi connectivity index (χ1n) is 7.52. The molecule has 6 nitrogen and oxygen atoms in total. The predicted octanol–water partition coefficient (Wildman–Crippen LogP) is 0.478. The van der Waals surface area contributed by atoms with Crippen LogP contribution in [0, 0.1) is 0 Å². The molecule has 1 heterocycles. The van der Waals surface area contributed by atoms with Crippen molar-refractivity contribution in [2.45, 2.75) is 32.8 Å². The Kier molecular flexibility index (Phi) is 7.26. The van der Waals surface area contributed by atoms with Crippen molar-refractivity contribution in [3.63, 3.8) is 0 Å². The minimum Gasteiger partial charge on any atom is -0.444 e. The third kappa shape index (κ3) is 7.67. The number of piperazine rings is 1. The number of ether oxygens (including phenoxy) is 1. The molecule has 0 aromatic carbocycles. The first-order valence-corrected chi connectivity index (χ1v) is 7.52. The van der Waals surface area contributed by atoms with E-state index in [2.05, 4.69) is 15.1 Å². The number of amides is 1. The fourth-order valence-electron chi connectivity index (χ4n) is 2.18. The van der Waals surface area contributed by atoms with Crippen molar-refractivity contribution >= 4 is 6.09 Å². The molecular formula is C14H30N4O2. The highest BCUT2D eigenvalue weighted by Crippen LogP contribution is 2.06. The lowest BCUT2D eigenvalue weighted by molar-refractivity contribution is 0.0516. The number of nitrogens with two attached hydrogens (primary N) is 1. The van der Waals surface area contributed by atoms with E-state index < -0.39 is 5.60 Å². The average Bonchev–Trinajstić information content (AvgIpc) is 2.35. The van der Waals surface area contributed by atoms with Crippen molar-refractivity contribution in [3.8, 4) is 0 Å². The van der Waals surface area contributed by atoms with E-state index in [-0.39, 0.29) is 6.09 Å². The quantitative estimate of drug-likeness (QED) is 0.743. The second kappa shape index (κ2) is 8.44. The summed E-state index contributed by atoms with van der Waals surface area (Å²) in [6, 6.07) is 0. The molecule has 1 aliphatic heterocycles. The lowest BCUT2D eigenvalue weighted by atomic mass is 10.2. The second-order valence-electron chi connectivity index (χ2n) is 6.25. The number of nitrogens with one attached hydrogen (secondary N) is 1. The van der Waals surface area contributed by atoms with Gasteiger partial charge >= 0.3 is 6.09 Å². The first kappa shape index (κ1) is 17.2. The molecule has 0 atom stereocenters. The van der Waals surface area contributed by atoms with Crippen LogP contribution in [0.3, 0.4) is 0 Å². The van der Waals surface area contributed by atoms with Crippen LogP contribution in [-0.4, -0.2) is 73.9 Å². The van der Waals surface area contributed by atoms with Gasteiger partial charge in [-0.05, 0) is 40.3 Å². The van der Waals surface area contributed by atoms with Gasteiger partial charge in [-0.2, -0.15) is 0 Å². The molecule has 0 radical (unpaired) electrons. The highest BCUT2D eigenvalue weighted by Gasteiger charge is 2.18. The highest BCUT2D eigenvalue weighted by molar-refractivity contribution is 5.67. The van der Waals surface area contributed by atoms with Gasteiger partial charge in [0.2, 0.25) is 0 Å². The summed E-state index contributed by atoms with van der Waals surface area (Å²) in [6.07, 6.45) is 0.735. The molecule has 1 aliphatic rings. The van der Waals surface area contributed by atoms with Crippen LogP contribution in [0.25, 0.3) is 0 Å². The van der Waals surface area contributed by atoms with Crippen molar-refractivity contribution < 1.29 is 9.53 Å². The summed E-state index contributed by atoms with van der Waals surface area (Å²) in [7, 11) is 0. The van der Waals surface area contributed by atoms with E-state index in [0.29, 0.717) is 6.54 Å². The van der Waals surface area contributed by atoms with Crippen molar-refractivity contribution in [3.05, 3.63) is 0 Å². The molecule has 118 valence electrons. The fourth-order valence-corrected chi connectivity index (χ4v) is 2.18. The van der Waals surface area contributed by atoms with E-state index in [1.807, 2.05) is 20.8 Å². The Hall–Kier alpha value is -0.850. The molecule has 0 bridgehead atoms. The molecule has 1 amide bonds. The molecule has 0 unspecified atom stereocenters. The number of carbonyl (C=O) groups excluding carboxylic acids is 1. The largest absolute Gasteiger partial charge is 0.444 e. The van der Waals surface area contributed by atoms with Crippen LogP contribution < -0.4 is 11.1 Å². The normalized spacial score (nSPS) is 18.0. The van der Waals surface area contributed by atoms with Gasteiger partial charge in [-0.25, -0.2) is 4.79 Å². The second-order valence-corrected chi connectivity index (χ2v) is 6.25. The molecular weight excluding hydrogens is 256 g/mol. The lowest BCUT2D eigenvalue weighted by Gasteiger charge is -2.34. The molecule has 1 fully saturated rings. The molecule has 6 heteroatoms. The Morgan fingerprint density at radius 3 is 2.20 bits per heavy atom. The van der Waals surface area contributed by atoms with E-state index in [9.17, 15) is 4.79 Å². The highest BCUT2D eigenvalue weighted by atomic mass is 16.6. The molecule has 1 saturated heterocycles. The Labute approximate surface area is 122 Å². The summed E-state index contributed by atoms with van der Waals surface area (Å²) in [5.74, 6) is 0. The number of nitrogens with zero attached hydrogens (tertiary/aromatic N) is 2.